The number of carboxylic acid groups (broad SMARTS) is 1. The number of imidazole rings is 1. The highest BCUT2D eigenvalue weighted by atomic mass is 35.5. The number of hydrogen-bond acceptors (Lipinski definition) is 4. The van der Waals surface area contributed by atoms with Gasteiger partial charge in [0.2, 0.25) is 0 Å². The Bertz CT molecular complexity index is 1400. The van der Waals surface area contributed by atoms with Crippen molar-refractivity contribution in [3.63, 3.8) is 0 Å². The van der Waals surface area contributed by atoms with Crippen molar-refractivity contribution in [1.29, 1.82) is 0 Å². The molecule has 2 heterocycles. The molecule has 4 aromatic rings. The Hall–Kier alpha value is -3.35. The molecule has 1 aromatic heterocycles. The highest BCUT2D eigenvalue weighted by Crippen LogP contribution is 2.36. The van der Waals surface area contributed by atoms with Gasteiger partial charge in [-0.2, -0.15) is 0 Å². The first-order valence-corrected chi connectivity index (χ1v) is 13.9. The minimum Gasteiger partial charge on any atom is -0.492 e. The maximum absolute atomic E-state index is 11.6. The van der Waals surface area contributed by atoms with E-state index in [9.17, 15) is 9.90 Å². The van der Waals surface area contributed by atoms with E-state index in [1.165, 1.54) is 31.2 Å². The lowest BCUT2D eigenvalue weighted by Crippen LogP contribution is -2.33. The molecule has 0 amide bonds. The van der Waals surface area contributed by atoms with Gasteiger partial charge < -0.3 is 14.4 Å². The van der Waals surface area contributed by atoms with Crippen molar-refractivity contribution in [3.8, 4) is 17.1 Å². The Balaban J connectivity index is 0.00000308. The van der Waals surface area contributed by atoms with Crippen LogP contribution in [0, 0.1) is 0 Å². The van der Waals surface area contributed by atoms with Gasteiger partial charge in [0.15, 0.2) is 0 Å². The van der Waals surface area contributed by atoms with Crippen LogP contribution in [0.15, 0.2) is 72.8 Å². The monoisotopic (exact) mass is 545 g/mol. The number of carbonyl (C=O) groups is 1. The Morgan fingerprint density at radius 3 is 2.44 bits per heavy atom. The molecule has 7 heteroatoms. The van der Waals surface area contributed by atoms with E-state index in [1.54, 1.807) is 12.1 Å². The molecule has 1 aliphatic carbocycles. The summed E-state index contributed by atoms with van der Waals surface area (Å²) in [5.41, 5.74) is 4.40. The summed E-state index contributed by atoms with van der Waals surface area (Å²) in [5.74, 6) is 0.853. The minimum absolute atomic E-state index is 0. The molecular formula is C32H36ClN3O3. The lowest BCUT2D eigenvalue weighted by Gasteiger charge is -2.26. The summed E-state index contributed by atoms with van der Waals surface area (Å²) in [5, 5.41) is 9.48. The number of fused-ring (bicyclic) bond motifs is 1. The second kappa shape index (κ2) is 12.2. The first-order valence-electron chi connectivity index (χ1n) is 13.9. The summed E-state index contributed by atoms with van der Waals surface area (Å²) in [6.07, 6.45) is 8.33. The maximum Gasteiger partial charge on any atom is 0.335 e. The summed E-state index contributed by atoms with van der Waals surface area (Å²) >= 11 is 0. The first-order chi connectivity index (χ1) is 18.7. The molecule has 1 atom stereocenters. The normalized spacial score (nSPS) is 18.2. The number of aromatic nitrogens is 2. The molecule has 1 saturated carbocycles. The Morgan fingerprint density at radius 2 is 1.69 bits per heavy atom. The number of likely N-dealkylation sites (tertiary alicyclic amines) is 1. The van der Waals surface area contributed by atoms with Crippen molar-refractivity contribution in [1.82, 2.24) is 14.5 Å². The van der Waals surface area contributed by atoms with E-state index in [4.69, 9.17) is 9.72 Å². The van der Waals surface area contributed by atoms with Crippen LogP contribution in [0.25, 0.3) is 22.4 Å². The fourth-order valence-corrected chi connectivity index (χ4v) is 6.15. The molecule has 6 nitrogen and oxygen atoms in total. The molecule has 2 aliphatic rings. The summed E-state index contributed by atoms with van der Waals surface area (Å²) in [6, 6.07) is 25.0. The second-order valence-corrected chi connectivity index (χ2v) is 10.7. The number of halogens is 1. The summed E-state index contributed by atoms with van der Waals surface area (Å²) in [7, 11) is 0. The fourth-order valence-electron chi connectivity index (χ4n) is 6.15. The number of carboxylic acids is 1. The molecule has 0 radical (unpaired) electrons. The Kier molecular flexibility index (Phi) is 8.53. The Morgan fingerprint density at radius 1 is 0.923 bits per heavy atom. The molecule has 1 aliphatic heterocycles. The third-order valence-electron chi connectivity index (χ3n) is 8.16. The van der Waals surface area contributed by atoms with Crippen molar-refractivity contribution < 1.29 is 14.6 Å². The maximum atomic E-state index is 11.6. The van der Waals surface area contributed by atoms with Gasteiger partial charge in [0.05, 0.1) is 16.6 Å². The van der Waals surface area contributed by atoms with Crippen molar-refractivity contribution in [2.45, 2.75) is 63.6 Å². The van der Waals surface area contributed by atoms with Crippen LogP contribution >= 0.6 is 12.4 Å². The van der Waals surface area contributed by atoms with Gasteiger partial charge in [0.25, 0.3) is 0 Å². The molecule has 204 valence electrons. The molecule has 2 fully saturated rings. The van der Waals surface area contributed by atoms with Gasteiger partial charge in [0.1, 0.15) is 18.2 Å². The number of rotatable bonds is 8. The van der Waals surface area contributed by atoms with E-state index in [0.717, 1.165) is 60.5 Å². The number of hydrogen-bond donors (Lipinski definition) is 1. The van der Waals surface area contributed by atoms with E-state index in [-0.39, 0.29) is 18.0 Å². The van der Waals surface area contributed by atoms with Gasteiger partial charge >= 0.3 is 5.97 Å². The lowest BCUT2D eigenvalue weighted by atomic mass is 9.95. The highest BCUT2D eigenvalue weighted by Gasteiger charge is 2.26. The molecule has 6 rings (SSSR count). The predicted molar refractivity (Wildman–Crippen MR) is 157 cm³/mol. The van der Waals surface area contributed by atoms with Crippen molar-refractivity contribution in [3.05, 3.63) is 83.9 Å². The first kappa shape index (κ1) is 27.2. The molecule has 1 saturated heterocycles. The van der Waals surface area contributed by atoms with Crippen LogP contribution in [0.5, 0.6) is 5.75 Å². The van der Waals surface area contributed by atoms with E-state index < -0.39 is 5.97 Å². The molecule has 0 bridgehead atoms. The van der Waals surface area contributed by atoms with E-state index >= 15 is 0 Å². The molecule has 0 spiro atoms. The minimum atomic E-state index is -0.924. The van der Waals surface area contributed by atoms with Crippen LogP contribution in [-0.4, -0.2) is 44.7 Å². The standard InChI is InChI=1S/C32H35N3O3.ClH/c36-32(37)25-15-18-30-29(20-25)33-31(35(30)26-10-5-2-6-11-26)24-13-16-28(17-14-24)38-22-27-12-7-19-34(27)21-23-8-3-1-4-9-23;/h1,3-4,8-9,13-18,20,26-27H,2,5-7,10-12,19,21-22H2,(H,36,37);1H. The molecule has 1 unspecified atom stereocenters. The zero-order valence-electron chi connectivity index (χ0n) is 22.2. The topological polar surface area (TPSA) is 67.6 Å². The summed E-state index contributed by atoms with van der Waals surface area (Å²) < 4.78 is 8.61. The van der Waals surface area contributed by atoms with Crippen molar-refractivity contribution in [2.75, 3.05) is 13.2 Å². The van der Waals surface area contributed by atoms with Gasteiger partial charge in [-0.1, -0.05) is 49.6 Å². The van der Waals surface area contributed by atoms with E-state index in [0.29, 0.717) is 18.7 Å². The second-order valence-electron chi connectivity index (χ2n) is 10.7. The lowest BCUT2D eigenvalue weighted by molar-refractivity contribution is 0.0697. The van der Waals surface area contributed by atoms with Crippen LogP contribution in [0.4, 0.5) is 0 Å². The third kappa shape index (κ3) is 5.97. The van der Waals surface area contributed by atoms with Gasteiger partial charge in [-0.25, -0.2) is 9.78 Å². The molecule has 1 N–H and O–H groups in total. The summed E-state index contributed by atoms with van der Waals surface area (Å²) in [4.78, 5) is 19.0. The van der Waals surface area contributed by atoms with Crippen LogP contribution in [0.3, 0.4) is 0 Å². The third-order valence-corrected chi connectivity index (χ3v) is 8.16. The van der Waals surface area contributed by atoms with Crippen LogP contribution in [0.1, 0.15) is 66.9 Å². The van der Waals surface area contributed by atoms with Crippen molar-refractivity contribution in [2.24, 2.45) is 0 Å². The average molecular weight is 546 g/mol. The van der Waals surface area contributed by atoms with Gasteiger partial charge in [0, 0.05) is 24.2 Å². The van der Waals surface area contributed by atoms with Gasteiger partial charge in [-0.05, 0) is 80.3 Å². The smallest absolute Gasteiger partial charge is 0.335 e. The Labute approximate surface area is 236 Å². The fraction of sp³-hybridized carbons (Fsp3) is 0.375. The van der Waals surface area contributed by atoms with Gasteiger partial charge in [-0.3, -0.25) is 4.90 Å². The van der Waals surface area contributed by atoms with Crippen LogP contribution < -0.4 is 4.74 Å². The number of ether oxygens (including phenoxy) is 1. The molecular weight excluding hydrogens is 510 g/mol. The highest BCUT2D eigenvalue weighted by molar-refractivity contribution is 5.93. The quantitative estimate of drug-likeness (QED) is 0.250. The zero-order chi connectivity index (χ0) is 25.9. The zero-order valence-corrected chi connectivity index (χ0v) is 23.0. The van der Waals surface area contributed by atoms with Crippen molar-refractivity contribution >= 4 is 29.4 Å². The van der Waals surface area contributed by atoms with E-state index in [1.807, 2.05) is 18.2 Å². The average Bonchev–Trinajstić information content (AvgIpc) is 3.57. The number of benzene rings is 3. The summed E-state index contributed by atoms with van der Waals surface area (Å²) in [6.45, 7) is 2.77. The van der Waals surface area contributed by atoms with Crippen LogP contribution in [-0.2, 0) is 6.54 Å². The van der Waals surface area contributed by atoms with E-state index in [2.05, 4.69) is 51.9 Å². The number of aromatic carboxylic acids is 1. The number of nitrogens with zero attached hydrogens (tertiary/aromatic N) is 3. The van der Waals surface area contributed by atoms with Crippen LogP contribution in [0.2, 0.25) is 0 Å². The van der Waals surface area contributed by atoms with Gasteiger partial charge in [-0.15, -0.1) is 12.4 Å². The molecule has 39 heavy (non-hydrogen) atoms. The largest absolute Gasteiger partial charge is 0.492 e. The predicted octanol–water partition coefficient (Wildman–Crippen LogP) is 7.37. The SMILES string of the molecule is Cl.O=C(O)c1ccc2c(c1)nc(-c1ccc(OCC3CCCN3Cc3ccccc3)cc1)n2C1CCCCC1. The molecule has 3 aromatic carbocycles.